The molecule has 2 aromatic rings. The summed E-state index contributed by atoms with van der Waals surface area (Å²) in [6.45, 7) is 9.81. The van der Waals surface area contributed by atoms with E-state index in [1.54, 1.807) is 0 Å². The molecule has 0 radical (unpaired) electrons. The summed E-state index contributed by atoms with van der Waals surface area (Å²) in [5, 5.41) is 24.9. The minimum absolute atomic E-state index is 0. The highest BCUT2D eigenvalue weighted by molar-refractivity contribution is 14.0. The molecule has 0 bridgehead atoms. The first-order chi connectivity index (χ1) is 13.9. The van der Waals surface area contributed by atoms with Crippen molar-refractivity contribution in [3.05, 3.63) is 47.5 Å². The Kier molecular flexibility index (Phi) is 11.3. The van der Waals surface area contributed by atoms with Crippen molar-refractivity contribution in [2.75, 3.05) is 13.2 Å². The van der Waals surface area contributed by atoms with Crippen LogP contribution in [-0.2, 0) is 13.6 Å². The lowest BCUT2D eigenvalue weighted by Gasteiger charge is -2.32. The van der Waals surface area contributed by atoms with Crippen molar-refractivity contribution in [3.8, 4) is 0 Å². The summed E-state index contributed by atoms with van der Waals surface area (Å²) in [7, 11) is 1.95. The summed E-state index contributed by atoms with van der Waals surface area (Å²) in [4.78, 5) is 4.77. The largest absolute Gasteiger partial charge is 0.396 e. The molecular formula is C22H37IN6O. The van der Waals surface area contributed by atoms with Crippen LogP contribution in [0, 0.1) is 12.3 Å². The first kappa shape index (κ1) is 26.4. The van der Waals surface area contributed by atoms with Crippen LogP contribution in [0.25, 0.3) is 0 Å². The molecule has 0 aliphatic rings. The van der Waals surface area contributed by atoms with Crippen molar-refractivity contribution in [1.82, 2.24) is 25.4 Å². The Labute approximate surface area is 197 Å². The number of halogens is 1. The topological polar surface area (TPSA) is 87.4 Å². The summed E-state index contributed by atoms with van der Waals surface area (Å²) in [5.41, 5.74) is 1.25. The molecule has 1 atom stereocenters. The van der Waals surface area contributed by atoms with Crippen LogP contribution in [0.5, 0.6) is 0 Å². The van der Waals surface area contributed by atoms with E-state index in [0.29, 0.717) is 6.54 Å². The lowest BCUT2D eigenvalue weighted by atomic mass is 9.79. The molecule has 7 nitrogen and oxygen atoms in total. The zero-order valence-electron chi connectivity index (χ0n) is 18.9. The van der Waals surface area contributed by atoms with Crippen molar-refractivity contribution < 1.29 is 5.11 Å². The summed E-state index contributed by atoms with van der Waals surface area (Å²) in [6, 6.07) is 10.4. The van der Waals surface area contributed by atoms with Crippen molar-refractivity contribution in [3.63, 3.8) is 0 Å². The van der Waals surface area contributed by atoms with Gasteiger partial charge in [-0.05, 0) is 44.1 Å². The van der Waals surface area contributed by atoms with Gasteiger partial charge in [-0.2, -0.15) is 0 Å². The Morgan fingerprint density at radius 3 is 2.40 bits per heavy atom. The number of aliphatic hydroxyl groups is 1. The number of nitrogens with one attached hydrogen (secondary N) is 2. The van der Waals surface area contributed by atoms with E-state index in [1.807, 2.05) is 36.7 Å². The Hall–Kier alpha value is -1.68. The fraction of sp³-hybridized carbons (Fsp3) is 0.591. The molecule has 1 aromatic carbocycles. The zero-order chi connectivity index (χ0) is 21.3. The Balaban J connectivity index is 0.00000450. The van der Waals surface area contributed by atoms with Gasteiger partial charge in [0, 0.05) is 20.2 Å². The van der Waals surface area contributed by atoms with E-state index >= 15 is 0 Å². The van der Waals surface area contributed by atoms with Crippen LogP contribution in [0.3, 0.4) is 0 Å². The summed E-state index contributed by atoms with van der Waals surface area (Å²) >= 11 is 0. The number of benzene rings is 1. The molecule has 0 spiro atoms. The van der Waals surface area contributed by atoms with Crippen LogP contribution in [0.2, 0.25) is 0 Å². The number of guanidine groups is 1. The Morgan fingerprint density at radius 1 is 1.20 bits per heavy atom. The average Bonchev–Trinajstić information content (AvgIpc) is 3.07. The smallest absolute Gasteiger partial charge is 0.192 e. The van der Waals surface area contributed by atoms with Crippen LogP contribution in [-0.4, -0.2) is 39.0 Å². The molecule has 0 aliphatic heterocycles. The number of aryl methyl sites for hydroxylation is 1. The van der Waals surface area contributed by atoms with Gasteiger partial charge in [0.1, 0.15) is 12.4 Å². The predicted molar refractivity (Wildman–Crippen MR) is 133 cm³/mol. The summed E-state index contributed by atoms with van der Waals surface area (Å²) < 4.78 is 1.95. The molecule has 168 valence electrons. The minimum Gasteiger partial charge on any atom is -0.396 e. The van der Waals surface area contributed by atoms with Gasteiger partial charge in [-0.25, -0.2) is 4.99 Å². The second-order valence-electron chi connectivity index (χ2n) is 7.70. The van der Waals surface area contributed by atoms with Crippen molar-refractivity contribution in [2.24, 2.45) is 17.5 Å². The van der Waals surface area contributed by atoms with Gasteiger partial charge in [-0.3, -0.25) is 0 Å². The van der Waals surface area contributed by atoms with Gasteiger partial charge in [0.15, 0.2) is 11.8 Å². The molecule has 1 unspecified atom stereocenters. The predicted octanol–water partition coefficient (Wildman–Crippen LogP) is 3.73. The van der Waals surface area contributed by atoms with Crippen molar-refractivity contribution in [2.45, 2.75) is 59.5 Å². The fourth-order valence-electron chi connectivity index (χ4n) is 3.37. The van der Waals surface area contributed by atoms with E-state index in [2.05, 4.69) is 53.7 Å². The highest BCUT2D eigenvalue weighted by Gasteiger charge is 2.26. The average molecular weight is 528 g/mol. The number of rotatable bonds is 10. The zero-order valence-corrected chi connectivity index (χ0v) is 21.2. The van der Waals surface area contributed by atoms with Gasteiger partial charge in [0.05, 0.1) is 6.04 Å². The molecule has 30 heavy (non-hydrogen) atoms. The molecule has 1 aromatic heterocycles. The maximum absolute atomic E-state index is 9.52. The monoisotopic (exact) mass is 528 g/mol. The second-order valence-corrected chi connectivity index (χ2v) is 7.70. The van der Waals surface area contributed by atoms with Crippen molar-refractivity contribution in [1.29, 1.82) is 0 Å². The summed E-state index contributed by atoms with van der Waals surface area (Å²) in [6.07, 6.45) is 2.78. The molecule has 0 saturated heterocycles. The van der Waals surface area contributed by atoms with Gasteiger partial charge >= 0.3 is 0 Å². The normalized spacial score (nSPS) is 12.9. The molecule has 2 rings (SSSR count). The Morgan fingerprint density at radius 2 is 1.87 bits per heavy atom. The van der Waals surface area contributed by atoms with Crippen LogP contribution in [0.15, 0.2) is 35.3 Å². The summed E-state index contributed by atoms with van der Waals surface area (Å²) in [5.74, 6) is 2.43. The number of aliphatic hydroxyl groups excluding tert-OH is 1. The lowest BCUT2D eigenvalue weighted by molar-refractivity contribution is 0.169. The van der Waals surface area contributed by atoms with Gasteiger partial charge in [-0.1, -0.05) is 44.2 Å². The number of aliphatic imine (C=N–C) groups is 1. The molecule has 0 fully saturated rings. The standard InChI is InChI=1S/C22H36N6O.HI/c1-6-22(7-2,13-14-29)16-24-21(23-15-20-27-26-18(4)28(20)5)25-17(3)19-11-9-8-10-12-19;/h8-12,17,29H,6-7,13-16H2,1-5H3,(H2,23,24,25);1H. The number of hydrogen-bond acceptors (Lipinski definition) is 4. The SMILES string of the molecule is CCC(CC)(CCO)CNC(=NCc1nnc(C)n1C)NC(C)c1ccccc1.I. The quantitative estimate of drug-likeness (QED) is 0.249. The number of aromatic nitrogens is 3. The van der Waals surface area contributed by atoms with Gasteiger partial charge in [0.25, 0.3) is 0 Å². The number of hydrogen-bond donors (Lipinski definition) is 3. The van der Waals surface area contributed by atoms with E-state index < -0.39 is 0 Å². The van der Waals surface area contributed by atoms with Gasteiger partial charge in [0.2, 0.25) is 0 Å². The first-order valence-corrected chi connectivity index (χ1v) is 10.5. The third kappa shape index (κ3) is 7.23. The van der Waals surface area contributed by atoms with Crippen LogP contribution in [0.1, 0.15) is 63.3 Å². The van der Waals surface area contributed by atoms with E-state index in [1.165, 1.54) is 5.56 Å². The minimum atomic E-state index is 0. The molecule has 0 aliphatic carbocycles. The highest BCUT2D eigenvalue weighted by Crippen LogP contribution is 2.29. The third-order valence-electron chi connectivity index (χ3n) is 5.99. The molecule has 0 amide bonds. The highest BCUT2D eigenvalue weighted by atomic mass is 127. The van der Waals surface area contributed by atoms with E-state index in [4.69, 9.17) is 4.99 Å². The molecule has 8 heteroatoms. The van der Waals surface area contributed by atoms with E-state index in [0.717, 1.165) is 43.4 Å². The van der Waals surface area contributed by atoms with Crippen molar-refractivity contribution >= 4 is 29.9 Å². The van der Waals surface area contributed by atoms with E-state index in [-0.39, 0.29) is 42.0 Å². The third-order valence-corrected chi connectivity index (χ3v) is 5.99. The molecule has 3 N–H and O–H groups in total. The fourth-order valence-corrected chi connectivity index (χ4v) is 3.37. The second kappa shape index (κ2) is 12.9. The van der Waals surface area contributed by atoms with E-state index in [9.17, 15) is 5.11 Å². The lowest BCUT2D eigenvalue weighted by Crippen LogP contribution is -2.44. The van der Waals surface area contributed by atoms with Crippen LogP contribution >= 0.6 is 24.0 Å². The maximum Gasteiger partial charge on any atom is 0.192 e. The van der Waals surface area contributed by atoms with Crippen LogP contribution < -0.4 is 10.6 Å². The molecule has 1 heterocycles. The maximum atomic E-state index is 9.52. The van der Waals surface area contributed by atoms with Gasteiger partial charge < -0.3 is 20.3 Å². The van der Waals surface area contributed by atoms with Crippen LogP contribution in [0.4, 0.5) is 0 Å². The molecule has 0 saturated carbocycles. The first-order valence-electron chi connectivity index (χ1n) is 10.5. The van der Waals surface area contributed by atoms with Gasteiger partial charge in [-0.15, -0.1) is 34.2 Å². The molecular weight excluding hydrogens is 491 g/mol. The Bertz CT molecular complexity index is 773. The number of nitrogens with zero attached hydrogens (tertiary/aromatic N) is 4.